The van der Waals surface area contributed by atoms with Crippen molar-refractivity contribution in [1.82, 2.24) is 9.88 Å². The van der Waals surface area contributed by atoms with Gasteiger partial charge in [0.25, 0.3) is 5.91 Å². The van der Waals surface area contributed by atoms with Crippen LogP contribution in [0.2, 0.25) is 0 Å². The summed E-state index contributed by atoms with van der Waals surface area (Å²) in [5.41, 5.74) is 1.55. The molecule has 2 saturated heterocycles. The van der Waals surface area contributed by atoms with Crippen LogP contribution >= 0.6 is 11.3 Å². The molecule has 3 heterocycles. The van der Waals surface area contributed by atoms with Gasteiger partial charge in [-0.25, -0.2) is 9.37 Å². The third-order valence-corrected chi connectivity index (χ3v) is 6.20. The Morgan fingerprint density at radius 1 is 1.30 bits per heavy atom. The molecule has 2 aromatic rings. The Bertz CT molecular complexity index is 922. The Hall–Kier alpha value is -2.23. The van der Waals surface area contributed by atoms with Gasteiger partial charge in [-0.2, -0.15) is 0 Å². The Labute approximate surface area is 162 Å². The molecule has 2 aliphatic rings. The predicted octanol–water partition coefficient (Wildman–Crippen LogP) is 3.63. The molecule has 0 bridgehead atoms. The van der Waals surface area contributed by atoms with E-state index in [-0.39, 0.29) is 16.9 Å². The van der Waals surface area contributed by atoms with Crippen LogP contribution in [-0.2, 0) is 4.74 Å². The number of aryl methyl sites for hydroxylation is 1. The molecular formula is C21H21FN2O2S. The van der Waals surface area contributed by atoms with E-state index in [1.54, 1.807) is 17.0 Å². The van der Waals surface area contributed by atoms with Crippen molar-refractivity contribution in [1.29, 1.82) is 0 Å². The average molecular weight is 384 g/mol. The van der Waals surface area contributed by atoms with Crippen molar-refractivity contribution in [2.45, 2.75) is 26.2 Å². The zero-order valence-corrected chi connectivity index (χ0v) is 16.1. The fraction of sp³-hybridized carbons (Fsp3) is 0.429. The number of thiazole rings is 1. The zero-order chi connectivity index (χ0) is 18.9. The Morgan fingerprint density at radius 3 is 2.85 bits per heavy atom. The normalized spacial score (nSPS) is 18.4. The first-order valence-corrected chi connectivity index (χ1v) is 10.0. The summed E-state index contributed by atoms with van der Waals surface area (Å²) < 4.78 is 19.8. The van der Waals surface area contributed by atoms with Gasteiger partial charge >= 0.3 is 0 Å². The third-order valence-electron chi connectivity index (χ3n) is 5.43. The van der Waals surface area contributed by atoms with Crippen LogP contribution in [0.15, 0.2) is 23.6 Å². The molecule has 4 rings (SSSR count). The van der Waals surface area contributed by atoms with Crippen molar-refractivity contribution in [3.05, 3.63) is 51.2 Å². The number of benzene rings is 1. The van der Waals surface area contributed by atoms with Gasteiger partial charge in [-0.05, 0) is 55.7 Å². The van der Waals surface area contributed by atoms with Crippen molar-refractivity contribution in [2.24, 2.45) is 5.41 Å². The van der Waals surface area contributed by atoms with Crippen molar-refractivity contribution in [2.75, 3.05) is 26.3 Å². The van der Waals surface area contributed by atoms with Crippen LogP contribution < -0.4 is 0 Å². The van der Waals surface area contributed by atoms with Gasteiger partial charge in [0.2, 0.25) is 0 Å². The number of nitrogens with zero attached hydrogens (tertiary/aromatic N) is 2. The molecular weight excluding hydrogens is 363 g/mol. The number of rotatable bonds is 1. The van der Waals surface area contributed by atoms with Gasteiger partial charge in [0, 0.05) is 37.2 Å². The number of amides is 1. The summed E-state index contributed by atoms with van der Waals surface area (Å²) in [6, 6.07) is 4.48. The Kier molecular flexibility index (Phi) is 4.98. The Balaban J connectivity index is 1.53. The molecule has 0 radical (unpaired) electrons. The lowest BCUT2D eigenvalue weighted by Gasteiger charge is -2.33. The minimum Gasteiger partial charge on any atom is -0.381 e. The van der Waals surface area contributed by atoms with E-state index >= 15 is 0 Å². The van der Waals surface area contributed by atoms with Gasteiger partial charge in [-0.15, -0.1) is 11.3 Å². The van der Waals surface area contributed by atoms with Crippen molar-refractivity contribution >= 4 is 17.2 Å². The maximum absolute atomic E-state index is 14.3. The van der Waals surface area contributed by atoms with Crippen molar-refractivity contribution in [3.63, 3.8) is 0 Å². The summed E-state index contributed by atoms with van der Waals surface area (Å²) in [5, 5.41) is 2.83. The summed E-state index contributed by atoms with van der Waals surface area (Å²) in [7, 11) is 0. The third kappa shape index (κ3) is 3.90. The molecule has 2 aliphatic heterocycles. The number of ether oxygens (including phenoxy) is 1. The topological polar surface area (TPSA) is 42.4 Å². The number of carbonyl (C=O) groups excluding carboxylic acids is 1. The number of carbonyl (C=O) groups is 1. The maximum atomic E-state index is 14.3. The second kappa shape index (κ2) is 7.41. The van der Waals surface area contributed by atoms with E-state index in [0.717, 1.165) is 37.5 Å². The summed E-state index contributed by atoms with van der Waals surface area (Å²) in [6.07, 6.45) is 2.90. The average Bonchev–Trinajstić information content (AvgIpc) is 3.28. The predicted molar refractivity (Wildman–Crippen MR) is 102 cm³/mol. The monoisotopic (exact) mass is 384 g/mol. The van der Waals surface area contributed by atoms with E-state index in [2.05, 4.69) is 16.8 Å². The van der Waals surface area contributed by atoms with Crippen LogP contribution in [0.3, 0.4) is 0 Å². The molecule has 0 unspecified atom stereocenters. The van der Waals surface area contributed by atoms with E-state index in [9.17, 15) is 9.18 Å². The summed E-state index contributed by atoms with van der Waals surface area (Å²) in [4.78, 5) is 19.0. The lowest BCUT2D eigenvalue weighted by atomic mass is 9.80. The quantitative estimate of drug-likeness (QED) is 0.705. The van der Waals surface area contributed by atoms with Crippen LogP contribution in [0.4, 0.5) is 4.39 Å². The molecule has 0 N–H and O–H groups in total. The lowest BCUT2D eigenvalue weighted by Crippen LogP contribution is -2.35. The van der Waals surface area contributed by atoms with Gasteiger partial charge in [-0.1, -0.05) is 5.92 Å². The van der Waals surface area contributed by atoms with Crippen LogP contribution in [0.25, 0.3) is 0 Å². The Morgan fingerprint density at radius 2 is 2.11 bits per heavy atom. The molecule has 1 spiro atoms. The van der Waals surface area contributed by atoms with Crippen molar-refractivity contribution < 1.29 is 13.9 Å². The molecule has 0 atom stereocenters. The molecule has 6 heteroatoms. The molecule has 2 fully saturated rings. The summed E-state index contributed by atoms with van der Waals surface area (Å²) in [5.74, 6) is 5.21. The number of aromatic nitrogens is 1. The summed E-state index contributed by atoms with van der Waals surface area (Å²) >= 11 is 1.53. The number of hydrogen-bond donors (Lipinski definition) is 0. The van der Waals surface area contributed by atoms with E-state index in [4.69, 9.17) is 4.74 Å². The molecule has 1 aromatic heterocycles. The van der Waals surface area contributed by atoms with Crippen LogP contribution in [0.1, 0.15) is 45.9 Å². The van der Waals surface area contributed by atoms with Gasteiger partial charge < -0.3 is 9.64 Å². The second-order valence-electron chi connectivity index (χ2n) is 7.29. The molecule has 0 saturated carbocycles. The molecule has 0 aliphatic carbocycles. The van der Waals surface area contributed by atoms with E-state index in [0.29, 0.717) is 24.3 Å². The number of hydrogen-bond acceptors (Lipinski definition) is 4. The first-order valence-electron chi connectivity index (χ1n) is 9.15. The van der Waals surface area contributed by atoms with Gasteiger partial charge in [0.1, 0.15) is 11.5 Å². The minimum atomic E-state index is -0.497. The SMILES string of the molecule is Cc1nc(C#Cc2ccc(F)c(C(=O)N3CCC4(CCOCC4)C3)c2)cs1. The number of halogens is 1. The lowest BCUT2D eigenvalue weighted by molar-refractivity contribution is 0.0190. The minimum absolute atomic E-state index is 0.0976. The molecule has 140 valence electrons. The largest absolute Gasteiger partial charge is 0.381 e. The van der Waals surface area contributed by atoms with Crippen molar-refractivity contribution in [3.8, 4) is 11.8 Å². The molecule has 27 heavy (non-hydrogen) atoms. The van der Waals surface area contributed by atoms with Crippen LogP contribution in [0.5, 0.6) is 0 Å². The van der Waals surface area contributed by atoms with E-state index in [1.807, 2.05) is 12.3 Å². The molecule has 4 nitrogen and oxygen atoms in total. The first kappa shape index (κ1) is 18.1. The van der Waals surface area contributed by atoms with Crippen LogP contribution in [-0.4, -0.2) is 42.1 Å². The van der Waals surface area contributed by atoms with Gasteiger partial charge in [0.05, 0.1) is 10.6 Å². The van der Waals surface area contributed by atoms with Crippen LogP contribution in [0, 0.1) is 30.0 Å². The highest BCUT2D eigenvalue weighted by atomic mass is 32.1. The fourth-order valence-electron chi connectivity index (χ4n) is 3.82. The smallest absolute Gasteiger partial charge is 0.256 e. The fourth-order valence-corrected chi connectivity index (χ4v) is 4.36. The standard InChI is InChI=1S/C21H21FN2O2S/c1-15-23-17(13-27-15)4-2-16-3-5-19(22)18(12-16)20(25)24-9-6-21(14-24)7-10-26-11-8-21/h3,5,12-13H,6-11,14H2,1H3. The molecule has 1 aromatic carbocycles. The van der Waals surface area contributed by atoms with Gasteiger partial charge in [-0.3, -0.25) is 4.79 Å². The number of likely N-dealkylation sites (tertiary alicyclic amines) is 1. The van der Waals surface area contributed by atoms with E-state index < -0.39 is 5.82 Å². The second-order valence-corrected chi connectivity index (χ2v) is 8.35. The zero-order valence-electron chi connectivity index (χ0n) is 15.3. The van der Waals surface area contributed by atoms with Gasteiger partial charge in [0.15, 0.2) is 0 Å². The van der Waals surface area contributed by atoms with E-state index in [1.165, 1.54) is 17.4 Å². The first-order chi connectivity index (χ1) is 13.0. The highest BCUT2D eigenvalue weighted by molar-refractivity contribution is 7.09. The highest BCUT2D eigenvalue weighted by Crippen LogP contribution is 2.40. The maximum Gasteiger partial charge on any atom is 0.256 e. The highest BCUT2D eigenvalue weighted by Gasteiger charge is 2.41. The molecule has 1 amide bonds. The summed E-state index contributed by atoms with van der Waals surface area (Å²) in [6.45, 7) is 4.77.